The van der Waals surface area contributed by atoms with E-state index in [-0.39, 0.29) is 5.41 Å². The first-order valence-corrected chi connectivity index (χ1v) is 8.04. The Morgan fingerprint density at radius 3 is 2.76 bits per heavy atom. The van der Waals surface area contributed by atoms with Gasteiger partial charge in [0.05, 0.1) is 4.90 Å². The molecular formula is C11H18N2O2S2. The predicted octanol–water partition coefficient (Wildman–Crippen LogP) is 1.55. The normalized spacial score (nSPS) is 18.2. The first-order valence-electron chi connectivity index (χ1n) is 5.67. The zero-order valence-electron chi connectivity index (χ0n) is 10.1. The summed E-state index contributed by atoms with van der Waals surface area (Å²) in [6.45, 7) is 3.24. The lowest BCUT2D eigenvalue weighted by atomic mass is 10.2. The molecule has 1 saturated carbocycles. The van der Waals surface area contributed by atoms with Gasteiger partial charge in [0, 0.05) is 18.0 Å². The van der Waals surface area contributed by atoms with Crippen LogP contribution in [0.5, 0.6) is 0 Å². The molecule has 0 unspecified atom stereocenters. The summed E-state index contributed by atoms with van der Waals surface area (Å²) >= 11 is 1.47. The first kappa shape index (κ1) is 13.0. The summed E-state index contributed by atoms with van der Waals surface area (Å²) in [5, 5.41) is 4.80. The Bertz CT molecular complexity index is 489. The predicted molar refractivity (Wildman–Crippen MR) is 69.6 cm³/mol. The number of sulfonamides is 1. The summed E-state index contributed by atoms with van der Waals surface area (Å²) < 4.78 is 27.0. The molecule has 1 aromatic rings. The Hall–Kier alpha value is -0.430. The highest BCUT2D eigenvalue weighted by atomic mass is 32.2. The number of nitrogens with one attached hydrogen (secondary N) is 2. The zero-order chi connectivity index (χ0) is 12.5. The Balaban J connectivity index is 2.10. The van der Waals surface area contributed by atoms with Crippen LogP contribution in [0.4, 0.5) is 0 Å². The van der Waals surface area contributed by atoms with Gasteiger partial charge in [0.1, 0.15) is 0 Å². The highest BCUT2D eigenvalue weighted by Gasteiger charge is 2.38. The molecule has 4 nitrogen and oxygen atoms in total. The van der Waals surface area contributed by atoms with Gasteiger partial charge in [-0.15, -0.1) is 11.3 Å². The SMILES string of the molecule is CNCc1sccc1S(=O)(=O)NCC1(C)CC1. The van der Waals surface area contributed by atoms with E-state index in [2.05, 4.69) is 17.0 Å². The van der Waals surface area contributed by atoms with Crippen molar-refractivity contribution in [2.75, 3.05) is 13.6 Å². The van der Waals surface area contributed by atoms with Gasteiger partial charge in [-0.1, -0.05) is 6.92 Å². The standard InChI is InChI=1S/C11H18N2O2S2/c1-11(4-5-11)8-13-17(14,15)10-3-6-16-9(10)7-12-2/h3,6,12-13H,4-5,7-8H2,1-2H3. The van der Waals surface area contributed by atoms with Crippen LogP contribution in [0, 0.1) is 5.41 Å². The molecule has 0 bridgehead atoms. The molecule has 0 spiro atoms. The molecule has 0 atom stereocenters. The van der Waals surface area contributed by atoms with E-state index in [1.54, 1.807) is 6.07 Å². The van der Waals surface area contributed by atoms with Gasteiger partial charge in [0.25, 0.3) is 0 Å². The van der Waals surface area contributed by atoms with Gasteiger partial charge in [-0.2, -0.15) is 0 Å². The lowest BCUT2D eigenvalue weighted by Gasteiger charge is -2.11. The minimum Gasteiger partial charge on any atom is -0.315 e. The highest BCUT2D eigenvalue weighted by molar-refractivity contribution is 7.89. The van der Waals surface area contributed by atoms with Crippen molar-refractivity contribution < 1.29 is 8.42 Å². The smallest absolute Gasteiger partial charge is 0.241 e. The highest BCUT2D eigenvalue weighted by Crippen LogP contribution is 2.44. The van der Waals surface area contributed by atoms with Crippen LogP contribution in [0.25, 0.3) is 0 Å². The van der Waals surface area contributed by atoms with Gasteiger partial charge >= 0.3 is 0 Å². The van der Waals surface area contributed by atoms with Gasteiger partial charge in [-0.05, 0) is 36.8 Å². The molecule has 17 heavy (non-hydrogen) atoms. The monoisotopic (exact) mass is 274 g/mol. The number of hydrogen-bond acceptors (Lipinski definition) is 4. The average Bonchev–Trinajstić information content (AvgIpc) is 2.82. The molecule has 0 amide bonds. The van der Waals surface area contributed by atoms with Gasteiger partial charge in [-0.25, -0.2) is 13.1 Å². The molecule has 1 heterocycles. The summed E-state index contributed by atoms with van der Waals surface area (Å²) in [7, 11) is -1.53. The zero-order valence-corrected chi connectivity index (χ0v) is 11.7. The van der Waals surface area contributed by atoms with E-state index >= 15 is 0 Å². The van der Waals surface area contributed by atoms with E-state index in [9.17, 15) is 8.42 Å². The van der Waals surface area contributed by atoms with E-state index < -0.39 is 10.0 Å². The van der Waals surface area contributed by atoms with E-state index in [4.69, 9.17) is 0 Å². The Morgan fingerprint density at radius 2 is 2.18 bits per heavy atom. The molecule has 6 heteroatoms. The molecule has 1 aliphatic carbocycles. The fourth-order valence-electron chi connectivity index (χ4n) is 1.59. The van der Waals surface area contributed by atoms with Gasteiger partial charge in [-0.3, -0.25) is 0 Å². The van der Waals surface area contributed by atoms with Crippen molar-refractivity contribution in [3.8, 4) is 0 Å². The quantitative estimate of drug-likeness (QED) is 0.827. The van der Waals surface area contributed by atoms with Crippen LogP contribution in [0.15, 0.2) is 16.3 Å². The van der Waals surface area contributed by atoms with Crippen LogP contribution in [0.2, 0.25) is 0 Å². The fourth-order valence-corrected chi connectivity index (χ4v) is 4.25. The number of rotatable bonds is 6. The molecule has 0 aliphatic heterocycles. The van der Waals surface area contributed by atoms with Gasteiger partial charge < -0.3 is 5.32 Å². The second-order valence-electron chi connectivity index (χ2n) is 4.87. The number of thiophene rings is 1. The molecule has 1 aliphatic rings. The van der Waals surface area contributed by atoms with E-state index in [0.29, 0.717) is 18.0 Å². The maximum Gasteiger partial charge on any atom is 0.241 e. The van der Waals surface area contributed by atoms with Crippen molar-refractivity contribution >= 4 is 21.4 Å². The molecule has 0 saturated heterocycles. The molecule has 0 aromatic carbocycles. The fraction of sp³-hybridized carbons (Fsp3) is 0.636. The molecular weight excluding hydrogens is 256 g/mol. The second-order valence-corrected chi connectivity index (χ2v) is 7.61. The second kappa shape index (κ2) is 4.68. The van der Waals surface area contributed by atoms with Gasteiger partial charge in [0.15, 0.2) is 0 Å². The average molecular weight is 274 g/mol. The van der Waals surface area contributed by atoms with E-state index in [1.165, 1.54) is 11.3 Å². The summed E-state index contributed by atoms with van der Waals surface area (Å²) in [6.07, 6.45) is 2.23. The summed E-state index contributed by atoms with van der Waals surface area (Å²) in [4.78, 5) is 1.28. The molecule has 2 N–H and O–H groups in total. The summed E-state index contributed by atoms with van der Waals surface area (Å²) in [5.74, 6) is 0. The summed E-state index contributed by atoms with van der Waals surface area (Å²) in [6, 6.07) is 1.68. The maximum absolute atomic E-state index is 12.1. The first-order chi connectivity index (χ1) is 7.97. The lowest BCUT2D eigenvalue weighted by Crippen LogP contribution is -2.29. The third-order valence-electron chi connectivity index (χ3n) is 3.12. The van der Waals surface area contributed by atoms with Crippen LogP contribution >= 0.6 is 11.3 Å². The third kappa shape index (κ3) is 3.07. The Morgan fingerprint density at radius 1 is 1.47 bits per heavy atom. The molecule has 1 fully saturated rings. The van der Waals surface area contributed by atoms with Crippen molar-refractivity contribution in [2.24, 2.45) is 5.41 Å². The van der Waals surface area contributed by atoms with Crippen molar-refractivity contribution in [1.82, 2.24) is 10.0 Å². The van der Waals surface area contributed by atoms with Gasteiger partial charge in [0.2, 0.25) is 10.0 Å². The largest absolute Gasteiger partial charge is 0.315 e. The minimum absolute atomic E-state index is 0.187. The Labute approximate surface area is 106 Å². The van der Waals surface area contributed by atoms with E-state index in [1.807, 2.05) is 12.4 Å². The van der Waals surface area contributed by atoms with Crippen molar-refractivity contribution in [2.45, 2.75) is 31.2 Å². The van der Waals surface area contributed by atoms with Crippen LogP contribution < -0.4 is 10.0 Å². The maximum atomic E-state index is 12.1. The van der Waals surface area contributed by atoms with Crippen LogP contribution in [0.3, 0.4) is 0 Å². The van der Waals surface area contributed by atoms with Crippen molar-refractivity contribution in [3.05, 3.63) is 16.3 Å². The molecule has 96 valence electrons. The molecule has 0 radical (unpaired) electrons. The van der Waals surface area contributed by atoms with Crippen LogP contribution in [-0.2, 0) is 16.6 Å². The Kier molecular flexibility index (Phi) is 3.58. The van der Waals surface area contributed by atoms with Crippen molar-refractivity contribution in [3.63, 3.8) is 0 Å². The molecule has 2 rings (SSSR count). The van der Waals surface area contributed by atoms with E-state index in [0.717, 1.165) is 17.7 Å². The minimum atomic E-state index is -3.34. The topological polar surface area (TPSA) is 58.2 Å². The summed E-state index contributed by atoms with van der Waals surface area (Å²) in [5.41, 5.74) is 0.187. The van der Waals surface area contributed by atoms with Crippen molar-refractivity contribution in [1.29, 1.82) is 0 Å². The number of hydrogen-bond donors (Lipinski definition) is 2. The van der Waals surface area contributed by atoms with Crippen LogP contribution in [0.1, 0.15) is 24.6 Å². The molecule has 1 aromatic heterocycles. The lowest BCUT2D eigenvalue weighted by molar-refractivity contribution is 0.530. The van der Waals surface area contributed by atoms with Crippen LogP contribution in [-0.4, -0.2) is 22.0 Å². The third-order valence-corrected chi connectivity index (χ3v) is 5.66.